The molecule has 0 radical (unpaired) electrons. The highest BCUT2D eigenvalue weighted by molar-refractivity contribution is 6.31. The lowest BCUT2D eigenvalue weighted by atomic mass is 10.0. The van der Waals surface area contributed by atoms with Gasteiger partial charge in [-0.2, -0.15) is 0 Å². The lowest BCUT2D eigenvalue weighted by Crippen LogP contribution is -2.54. The highest BCUT2D eigenvalue weighted by Gasteiger charge is 2.27. The van der Waals surface area contributed by atoms with Gasteiger partial charge in [-0.25, -0.2) is 0 Å². The van der Waals surface area contributed by atoms with Crippen molar-refractivity contribution in [3.63, 3.8) is 0 Å². The lowest BCUT2D eigenvalue weighted by Gasteiger charge is -2.43. The fraction of sp³-hybridized carbons (Fsp3) is 0.526. The molecule has 4 nitrogen and oxygen atoms in total. The van der Waals surface area contributed by atoms with Gasteiger partial charge in [-0.05, 0) is 36.6 Å². The first-order valence-electron chi connectivity index (χ1n) is 8.72. The molecule has 5 heteroatoms. The second-order valence-electron chi connectivity index (χ2n) is 6.99. The van der Waals surface area contributed by atoms with Gasteiger partial charge < -0.3 is 10.0 Å². The van der Waals surface area contributed by atoms with Crippen molar-refractivity contribution in [3.8, 4) is 0 Å². The maximum absolute atomic E-state index is 9.46. The molecular weight excluding hydrogens is 322 g/mol. The molecule has 1 saturated heterocycles. The second-order valence-corrected chi connectivity index (χ2v) is 7.43. The van der Waals surface area contributed by atoms with Crippen molar-refractivity contribution in [3.05, 3.63) is 35.5 Å². The summed E-state index contributed by atoms with van der Waals surface area (Å²) in [6.45, 7) is 8.79. The Morgan fingerprint density at radius 2 is 2.12 bits per heavy atom. The molecular formula is C19H26ClN3O. The van der Waals surface area contributed by atoms with Crippen LogP contribution in [0.15, 0.2) is 30.5 Å². The van der Waals surface area contributed by atoms with E-state index < -0.39 is 0 Å². The predicted octanol–water partition coefficient (Wildman–Crippen LogP) is 3.42. The van der Waals surface area contributed by atoms with E-state index in [9.17, 15) is 5.11 Å². The summed E-state index contributed by atoms with van der Waals surface area (Å²) in [4.78, 5) is 9.40. The normalized spacial score (nSPS) is 19.4. The van der Waals surface area contributed by atoms with Crippen LogP contribution in [0.4, 0.5) is 5.69 Å². The molecule has 1 atom stereocenters. The number of hydrogen-bond donors (Lipinski definition) is 1. The van der Waals surface area contributed by atoms with Crippen molar-refractivity contribution < 1.29 is 5.11 Å². The number of halogens is 1. The molecule has 1 aromatic heterocycles. The topological polar surface area (TPSA) is 39.6 Å². The number of anilines is 1. The number of piperazine rings is 1. The fourth-order valence-electron chi connectivity index (χ4n) is 3.63. The van der Waals surface area contributed by atoms with E-state index in [0.717, 1.165) is 43.5 Å². The Labute approximate surface area is 149 Å². The first-order chi connectivity index (χ1) is 11.6. The van der Waals surface area contributed by atoms with Crippen LogP contribution in [-0.4, -0.2) is 53.8 Å². The monoisotopic (exact) mass is 347 g/mol. The van der Waals surface area contributed by atoms with Gasteiger partial charge in [0.05, 0.1) is 5.52 Å². The van der Waals surface area contributed by atoms with Crippen molar-refractivity contribution in [1.29, 1.82) is 0 Å². The zero-order chi connectivity index (χ0) is 17.1. The second kappa shape index (κ2) is 7.68. The van der Waals surface area contributed by atoms with Gasteiger partial charge in [-0.3, -0.25) is 9.88 Å². The maximum Gasteiger partial charge on any atom is 0.0737 e. The van der Waals surface area contributed by atoms with Gasteiger partial charge in [0.15, 0.2) is 0 Å². The maximum atomic E-state index is 9.46. The molecule has 1 fully saturated rings. The molecule has 0 aliphatic carbocycles. The van der Waals surface area contributed by atoms with Crippen LogP contribution in [0.25, 0.3) is 10.9 Å². The highest BCUT2D eigenvalue weighted by Crippen LogP contribution is 2.29. The molecule has 24 heavy (non-hydrogen) atoms. The quantitative estimate of drug-likeness (QED) is 0.899. The number of aliphatic hydroxyl groups excluding tert-OH is 1. The van der Waals surface area contributed by atoms with Gasteiger partial charge >= 0.3 is 0 Å². The number of benzene rings is 1. The summed E-state index contributed by atoms with van der Waals surface area (Å²) in [6.07, 6.45) is 2.67. The summed E-state index contributed by atoms with van der Waals surface area (Å²) in [6, 6.07) is 8.38. The standard InChI is InChI=1S/C19H26ClN3O/c1-14(2)12-22-8-9-23(13-16(22)6-10-24)19-5-7-21-18-11-15(20)3-4-17(18)19/h3-5,7,11,14,16,24H,6,8-10,12-13H2,1-2H3. The molecule has 1 aliphatic heterocycles. The summed E-state index contributed by atoms with van der Waals surface area (Å²) in [5.41, 5.74) is 2.15. The first kappa shape index (κ1) is 17.5. The van der Waals surface area contributed by atoms with Crippen molar-refractivity contribution in [1.82, 2.24) is 9.88 Å². The van der Waals surface area contributed by atoms with E-state index in [1.807, 2.05) is 18.3 Å². The van der Waals surface area contributed by atoms with Crippen LogP contribution in [-0.2, 0) is 0 Å². The minimum absolute atomic E-state index is 0.236. The number of aromatic nitrogens is 1. The predicted molar refractivity (Wildman–Crippen MR) is 101 cm³/mol. The average molecular weight is 348 g/mol. The summed E-state index contributed by atoms with van der Waals surface area (Å²) >= 11 is 6.10. The van der Waals surface area contributed by atoms with Gasteiger partial charge in [0.1, 0.15) is 0 Å². The van der Waals surface area contributed by atoms with Gasteiger partial charge in [0.2, 0.25) is 0 Å². The van der Waals surface area contributed by atoms with E-state index in [-0.39, 0.29) is 6.61 Å². The zero-order valence-electron chi connectivity index (χ0n) is 14.5. The lowest BCUT2D eigenvalue weighted by molar-refractivity contribution is 0.129. The minimum atomic E-state index is 0.236. The molecule has 0 spiro atoms. The van der Waals surface area contributed by atoms with Gasteiger partial charge in [0.25, 0.3) is 0 Å². The van der Waals surface area contributed by atoms with Crippen molar-refractivity contribution in [2.24, 2.45) is 5.92 Å². The zero-order valence-corrected chi connectivity index (χ0v) is 15.2. The molecule has 0 saturated carbocycles. The minimum Gasteiger partial charge on any atom is -0.396 e. The van der Waals surface area contributed by atoms with E-state index >= 15 is 0 Å². The molecule has 1 aliphatic rings. The fourth-order valence-corrected chi connectivity index (χ4v) is 3.79. The number of fused-ring (bicyclic) bond motifs is 1. The third kappa shape index (κ3) is 3.82. The van der Waals surface area contributed by atoms with Crippen LogP contribution in [0.3, 0.4) is 0 Å². The van der Waals surface area contributed by atoms with E-state index in [1.165, 1.54) is 5.69 Å². The Balaban J connectivity index is 1.85. The number of nitrogens with zero attached hydrogens (tertiary/aromatic N) is 3. The SMILES string of the molecule is CC(C)CN1CCN(c2ccnc3cc(Cl)ccc23)CC1CCO. The smallest absolute Gasteiger partial charge is 0.0737 e. The molecule has 2 heterocycles. The molecule has 1 unspecified atom stereocenters. The number of pyridine rings is 1. The van der Waals surface area contributed by atoms with Gasteiger partial charge in [-0.15, -0.1) is 0 Å². The van der Waals surface area contributed by atoms with E-state index in [4.69, 9.17) is 11.6 Å². The molecule has 130 valence electrons. The van der Waals surface area contributed by atoms with Crippen LogP contribution in [0, 0.1) is 5.92 Å². The van der Waals surface area contributed by atoms with Crippen molar-refractivity contribution in [2.75, 3.05) is 37.7 Å². The molecule has 2 aromatic rings. The summed E-state index contributed by atoms with van der Waals surface area (Å²) in [7, 11) is 0. The number of rotatable bonds is 5. The number of aliphatic hydroxyl groups is 1. The third-order valence-electron chi connectivity index (χ3n) is 4.69. The van der Waals surface area contributed by atoms with E-state index in [2.05, 4.69) is 40.8 Å². The van der Waals surface area contributed by atoms with Crippen LogP contribution in [0.2, 0.25) is 5.02 Å². The summed E-state index contributed by atoms with van der Waals surface area (Å²) in [5.74, 6) is 0.640. The van der Waals surface area contributed by atoms with Crippen LogP contribution in [0.1, 0.15) is 20.3 Å². The number of hydrogen-bond acceptors (Lipinski definition) is 4. The Hall–Kier alpha value is -1.36. The van der Waals surface area contributed by atoms with Crippen molar-refractivity contribution >= 4 is 28.2 Å². The molecule has 0 amide bonds. The summed E-state index contributed by atoms with van der Waals surface area (Å²) in [5, 5.41) is 11.3. The van der Waals surface area contributed by atoms with Crippen LogP contribution >= 0.6 is 11.6 Å². The van der Waals surface area contributed by atoms with Crippen molar-refractivity contribution in [2.45, 2.75) is 26.3 Å². The Bertz CT molecular complexity index is 691. The van der Waals surface area contributed by atoms with E-state index in [1.54, 1.807) is 0 Å². The molecule has 1 aromatic carbocycles. The van der Waals surface area contributed by atoms with Gasteiger partial charge in [0, 0.05) is 61.1 Å². The molecule has 3 rings (SSSR count). The van der Waals surface area contributed by atoms with Crippen LogP contribution in [0.5, 0.6) is 0 Å². The Morgan fingerprint density at radius 3 is 2.88 bits per heavy atom. The first-order valence-corrected chi connectivity index (χ1v) is 9.10. The summed E-state index contributed by atoms with van der Waals surface area (Å²) < 4.78 is 0. The van der Waals surface area contributed by atoms with Crippen LogP contribution < -0.4 is 4.90 Å². The Morgan fingerprint density at radius 1 is 1.29 bits per heavy atom. The molecule has 0 bridgehead atoms. The van der Waals surface area contributed by atoms with E-state index in [0.29, 0.717) is 17.0 Å². The molecule has 1 N–H and O–H groups in total. The van der Waals surface area contributed by atoms with Gasteiger partial charge in [-0.1, -0.05) is 25.4 Å². The third-order valence-corrected chi connectivity index (χ3v) is 4.92. The highest BCUT2D eigenvalue weighted by atomic mass is 35.5. The Kier molecular flexibility index (Phi) is 5.59. The largest absolute Gasteiger partial charge is 0.396 e. The average Bonchev–Trinajstić information content (AvgIpc) is 2.55.